The van der Waals surface area contributed by atoms with Crippen molar-refractivity contribution in [3.63, 3.8) is 0 Å². The molecule has 5 nitrogen and oxygen atoms in total. The summed E-state index contributed by atoms with van der Waals surface area (Å²) in [6.07, 6.45) is 1.39. The van der Waals surface area contributed by atoms with Crippen LogP contribution in [0, 0.1) is 11.8 Å². The molecule has 0 bridgehead atoms. The fourth-order valence-electron chi connectivity index (χ4n) is 2.94. The van der Waals surface area contributed by atoms with Crippen molar-refractivity contribution in [2.75, 3.05) is 26.7 Å². The quantitative estimate of drug-likeness (QED) is 0.821. The molecule has 0 radical (unpaired) electrons. The maximum Gasteiger partial charge on any atom is 0.247 e. The molecule has 1 aliphatic heterocycles. The van der Waals surface area contributed by atoms with Gasteiger partial charge in [-0.3, -0.25) is 9.59 Å². The number of carbonyl (C=O) groups is 2. The second kappa shape index (κ2) is 6.57. The van der Waals surface area contributed by atoms with E-state index < -0.39 is 5.54 Å². The van der Waals surface area contributed by atoms with Crippen molar-refractivity contribution in [1.29, 1.82) is 0 Å². The number of rotatable bonds is 5. The lowest BCUT2D eigenvalue weighted by molar-refractivity contribution is -0.157. The Morgan fingerprint density at radius 1 is 1.35 bits per heavy atom. The molecule has 1 rings (SSSR count). The Bertz CT molecular complexity index is 366. The van der Waals surface area contributed by atoms with Crippen molar-refractivity contribution in [2.24, 2.45) is 17.6 Å². The molecule has 20 heavy (non-hydrogen) atoms. The second-order valence-electron chi connectivity index (χ2n) is 6.77. The first-order chi connectivity index (χ1) is 9.20. The summed E-state index contributed by atoms with van der Waals surface area (Å²) in [5, 5.41) is 0. The van der Waals surface area contributed by atoms with Gasteiger partial charge < -0.3 is 15.5 Å². The average Bonchev–Trinajstić information content (AvgIpc) is 2.34. The minimum absolute atomic E-state index is 0.00487. The molecule has 2 N–H and O–H groups in total. The highest BCUT2D eigenvalue weighted by atomic mass is 16.2. The van der Waals surface area contributed by atoms with Crippen LogP contribution in [-0.2, 0) is 9.59 Å². The Labute approximate surface area is 122 Å². The van der Waals surface area contributed by atoms with Crippen LogP contribution in [0.4, 0.5) is 0 Å². The Morgan fingerprint density at radius 2 is 1.95 bits per heavy atom. The molecule has 5 heteroatoms. The van der Waals surface area contributed by atoms with Gasteiger partial charge in [0.25, 0.3) is 0 Å². The number of amides is 2. The Balaban J connectivity index is 2.73. The van der Waals surface area contributed by atoms with Gasteiger partial charge in [-0.25, -0.2) is 0 Å². The fraction of sp³-hybridized carbons (Fsp3) is 0.867. The van der Waals surface area contributed by atoms with E-state index in [2.05, 4.69) is 13.8 Å². The predicted molar refractivity (Wildman–Crippen MR) is 80.0 cm³/mol. The molecular weight excluding hydrogens is 254 g/mol. The van der Waals surface area contributed by atoms with Gasteiger partial charge in [-0.2, -0.15) is 0 Å². The van der Waals surface area contributed by atoms with E-state index in [1.54, 1.807) is 16.8 Å². The number of nitrogens with two attached hydrogens (primary N) is 1. The zero-order valence-electron chi connectivity index (χ0n) is 13.5. The van der Waals surface area contributed by atoms with E-state index in [1.807, 2.05) is 13.8 Å². The monoisotopic (exact) mass is 283 g/mol. The maximum atomic E-state index is 12.5. The van der Waals surface area contributed by atoms with Crippen molar-refractivity contribution in [3.05, 3.63) is 0 Å². The molecule has 0 unspecified atom stereocenters. The minimum Gasteiger partial charge on any atom is -0.342 e. The lowest BCUT2D eigenvalue weighted by Gasteiger charge is -2.45. The summed E-state index contributed by atoms with van der Waals surface area (Å²) in [4.78, 5) is 28.1. The van der Waals surface area contributed by atoms with E-state index in [0.29, 0.717) is 32.0 Å². The second-order valence-corrected chi connectivity index (χ2v) is 6.77. The van der Waals surface area contributed by atoms with Gasteiger partial charge in [0.05, 0.1) is 0 Å². The summed E-state index contributed by atoms with van der Waals surface area (Å²) >= 11 is 0. The highest BCUT2D eigenvalue weighted by molar-refractivity contribution is 5.91. The topological polar surface area (TPSA) is 66.6 Å². The highest BCUT2D eigenvalue weighted by Gasteiger charge is 2.42. The standard InChI is InChI=1S/C15H29N3O2/c1-11(2)8-12(10-16)9-13(19)18-7-6-17(5)14(20)15(18,3)4/h11-12H,6-10,16H2,1-5H3/t12-/m0/s1. The summed E-state index contributed by atoms with van der Waals surface area (Å²) in [5.41, 5.74) is 5.02. The molecule has 0 aromatic rings. The van der Waals surface area contributed by atoms with E-state index in [1.165, 1.54) is 0 Å². The first-order valence-corrected chi connectivity index (χ1v) is 7.46. The number of hydrogen-bond donors (Lipinski definition) is 1. The van der Waals surface area contributed by atoms with Crippen LogP contribution in [0.5, 0.6) is 0 Å². The first-order valence-electron chi connectivity index (χ1n) is 7.46. The fourth-order valence-corrected chi connectivity index (χ4v) is 2.94. The van der Waals surface area contributed by atoms with Crippen molar-refractivity contribution in [1.82, 2.24) is 9.80 Å². The molecule has 0 spiro atoms. The van der Waals surface area contributed by atoms with Gasteiger partial charge in [-0.1, -0.05) is 13.8 Å². The van der Waals surface area contributed by atoms with Gasteiger partial charge >= 0.3 is 0 Å². The molecule has 2 amide bonds. The zero-order valence-corrected chi connectivity index (χ0v) is 13.5. The number of likely N-dealkylation sites (N-methyl/N-ethyl adjacent to an activating group) is 1. The van der Waals surface area contributed by atoms with Gasteiger partial charge in [-0.05, 0) is 38.6 Å². The molecule has 1 saturated heterocycles. The van der Waals surface area contributed by atoms with Crippen LogP contribution in [0.2, 0.25) is 0 Å². The summed E-state index contributed by atoms with van der Waals surface area (Å²) in [7, 11) is 1.79. The summed E-state index contributed by atoms with van der Waals surface area (Å²) < 4.78 is 0. The number of piperazine rings is 1. The van der Waals surface area contributed by atoms with Crippen LogP contribution in [-0.4, -0.2) is 53.8 Å². The number of nitrogens with zero attached hydrogens (tertiary/aromatic N) is 2. The Hall–Kier alpha value is -1.10. The molecule has 0 saturated carbocycles. The molecule has 1 atom stereocenters. The molecule has 116 valence electrons. The van der Waals surface area contributed by atoms with Crippen LogP contribution in [0.3, 0.4) is 0 Å². The van der Waals surface area contributed by atoms with E-state index in [0.717, 1.165) is 6.42 Å². The summed E-state index contributed by atoms with van der Waals surface area (Å²) in [6, 6.07) is 0. The smallest absolute Gasteiger partial charge is 0.247 e. The third kappa shape index (κ3) is 3.72. The largest absolute Gasteiger partial charge is 0.342 e. The maximum absolute atomic E-state index is 12.5. The van der Waals surface area contributed by atoms with Crippen LogP contribution in [0.15, 0.2) is 0 Å². The predicted octanol–water partition coefficient (Wildman–Crippen LogP) is 1.08. The molecule has 0 aliphatic carbocycles. The lowest BCUT2D eigenvalue weighted by atomic mass is 9.91. The molecule has 1 fully saturated rings. The first kappa shape index (κ1) is 17.0. The minimum atomic E-state index is -0.749. The van der Waals surface area contributed by atoms with Crippen LogP contribution in [0.25, 0.3) is 0 Å². The molecule has 0 aromatic heterocycles. The molecule has 1 heterocycles. The van der Waals surface area contributed by atoms with E-state index >= 15 is 0 Å². The van der Waals surface area contributed by atoms with Gasteiger partial charge in [0, 0.05) is 26.6 Å². The van der Waals surface area contributed by atoms with E-state index in [-0.39, 0.29) is 17.7 Å². The van der Waals surface area contributed by atoms with Crippen LogP contribution >= 0.6 is 0 Å². The zero-order chi connectivity index (χ0) is 15.5. The third-order valence-electron chi connectivity index (χ3n) is 4.11. The van der Waals surface area contributed by atoms with Gasteiger partial charge in [0.15, 0.2) is 0 Å². The number of carbonyl (C=O) groups excluding carboxylic acids is 2. The summed E-state index contributed by atoms with van der Waals surface area (Å²) in [6.45, 7) is 9.64. The van der Waals surface area contributed by atoms with Crippen LogP contribution in [0.1, 0.15) is 40.5 Å². The Kier molecular flexibility index (Phi) is 5.57. The molecular formula is C15H29N3O2. The van der Waals surface area contributed by atoms with Crippen molar-refractivity contribution >= 4 is 11.8 Å². The third-order valence-corrected chi connectivity index (χ3v) is 4.11. The lowest BCUT2D eigenvalue weighted by Crippen LogP contribution is -2.63. The van der Waals surface area contributed by atoms with E-state index in [9.17, 15) is 9.59 Å². The average molecular weight is 283 g/mol. The molecule has 0 aromatic carbocycles. The van der Waals surface area contributed by atoms with Crippen LogP contribution < -0.4 is 5.73 Å². The molecule has 1 aliphatic rings. The highest BCUT2D eigenvalue weighted by Crippen LogP contribution is 2.24. The van der Waals surface area contributed by atoms with Crippen molar-refractivity contribution in [2.45, 2.75) is 46.1 Å². The van der Waals surface area contributed by atoms with Gasteiger partial charge in [0.2, 0.25) is 11.8 Å². The van der Waals surface area contributed by atoms with Crippen molar-refractivity contribution < 1.29 is 9.59 Å². The SMILES string of the molecule is CC(C)C[C@H](CN)CC(=O)N1CCN(C)C(=O)C1(C)C. The normalized spacial score (nSPS) is 20.4. The number of hydrogen-bond acceptors (Lipinski definition) is 3. The van der Waals surface area contributed by atoms with Gasteiger partial charge in [-0.15, -0.1) is 0 Å². The van der Waals surface area contributed by atoms with Crippen molar-refractivity contribution in [3.8, 4) is 0 Å². The summed E-state index contributed by atoms with van der Waals surface area (Å²) in [5.74, 6) is 0.782. The Morgan fingerprint density at radius 3 is 2.45 bits per heavy atom. The van der Waals surface area contributed by atoms with Gasteiger partial charge in [0.1, 0.15) is 5.54 Å². The van der Waals surface area contributed by atoms with E-state index in [4.69, 9.17) is 5.73 Å².